The van der Waals surface area contributed by atoms with Crippen LogP contribution in [0.1, 0.15) is 23.0 Å². The van der Waals surface area contributed by atoms with Gasteiger partial charge in [-0.15, -0.1) is 0 Å². The average molecular weight is 388 g/mol. The lowest BCUT2D eigenvalue weighted by Crippen LogP contribution is -2.25. The Bertz CT molecular complexity index is 843. The number of carbonyl (C=O) groups is 1. The Morgan fingerprint density at radius 3 is 2.83 bits per heavy atom. The van der Waals surface area contributed by atoms with E-state index < -0.39 is 0 Å². The topological polar surface area (TPSA) is 55.6 Å². The standard InChI is InChI=1S/C18H18BrN3O2/c1-2-24-16-4-3-11-22-12-15(21-17(16)22)9-10-20-18(23)13-5-7-14(19)8-6-13/h3-8,11-12H,2,9-10H2,1H3,(H,20,23). The van der Waals surface area contributed by atoms with E-state index in [1.165, 1.54) is 0 Å². The highest BCUT2D eigenvalue weighted by Crippen LogP contribution is 2.19. The van der Waals surface area contributed by atoms with E-state index in [0.29, 0.717) is 25.1 Å². The Kier molecular flexibility index (Phi) is 5.15. The summed E-state index contributed by atoms with van der Waals surface area (Å²) >= 11 is 3.36. The molecule has 0 fully saturated rings. The van der Waals surface area contributed by atoms with E-state index >= 15 is 0 Å². The highest BCUT2D eigenvalue weighted by Gasteiger charge is 2.08. The molecule has 0 spiro atoms. The van der Waals surface area contributed by atoms with E-state index in [1.807, 2.05) is 48.0 Å². The number of carbonyl (C=O) groups excluding carboxylic acids is 1. The molecule has 24 heavy (non-hydrogen) atoms. The molecule has 0 aliphatic heterocycles. The van der Waals surface area contributed by atoms with E-state index in [2.05, 4.69) is 26.2 Å². The highest BCUT2D eigenvalue weighted by molar-refractivity contribution is 9.10. The number of imidazole rings is 1. The van der Waals surface area contributed by atoms with Crippen molar-refractivity contribution < 1.29 is 9.53 Å². The highest BCUT2D eigenvalue weighted by atomic mass is 79.9. The summed E-state index contributed by atoms with van der Waals surface area (Å²) in [6.07, 6.45) is 4.56. The fourth-order valence-corrected chi connectivity index (χ4v) is 2.70. The van der Waals surface area contributed by atoms with Crippen molar-refractivity contribution in [3.05, 3.63) is 64.5 Å². The molecule has 1 amide bonds. The molecule has 2 aromatic heterocycles. The van der Waals surface area contributed by atoms with Gasteiger partial charge in [0.05, 0.1) is 12.3 Å². The van der Waals surface area contributed by atoms with Gasteiger partial charge in [-0.1, -0.05) is 15.9 Å². The van der Waals surface area contributed by atoms with Gasteiger partial charge in [-0.25, -0.2) is 4.98 Å². The number of pyridine rings is 1. The number of aromatic nitrogens is 2. The lowest BCUT2D eigenvalue weighted by Gasteiger charge is -2.04. The minimum atomic E-state index is -0.0822. The second-order valence-electron chi connectivity index (χ2n) is 5.28. The van der Waals surface area contributed by atoms with Crippen molar-refractivity contribution in [3.63, 3.8) is 0 Å². The van der Waals surface area contributed by atoms with Crippen LogP contribution < -0.4 is 10.1 Å². The van der Waals surface area contributed by atoms with Gasteiger partial charge in [-0.05, 0) is 43.3 Å². The van der Waals surface area contributed by atoms with Crippen molar-refractivity contribution in [2.75, 3.05) is 13.2 Å². The lowest BCUT2D eigenvalue weighted by atomic mass is 10.2. The van der Waals surface area contributed by atoms with E-state index in [-0.39, 0.29) is 5.91 Å². The monoisotopic (exact) mass is 387 g/mol. The maximum absolute atomic E-state index is 12.1. The smallest absolute Gasteiger partial charge is 0.251 e. The molecule has 0 aliphatic carbocycles. The maximum Gasteiger partial charge on any atom is 0.251 e. The number of amides is 1. The molecule has 3 rings (SSSR count). The number of hydrogen-bond acceptors (Lipinski definition) is 3. The van der Waals surface area contributed by atoms with Crippen molar-refractivity contribution >= 4 is 27.5 Å². The van der Waals surface area contributed by atoms with Crippen LogP contribution in [0.25, 0.3) is 5.65 Å². The lowest BCUT2D eigenvalue weighted by molar-refractivity contribution is 0.0954. The summed E-state index contributed by atoms with van der Waals surface area (Å²) < 4.78 is 8.48. The molecule has 1 N–H and O–H groups in total. The molecule has 2 heterocycles. The van der Waals surface area contributed by atoms with Gasteiger partial charge in [-0.3, -0.25) is 4.79 Å². The zero-order chi connectivity index (χ0) is 16.9. The number of hydrogen-bond donors (Lipinski definition) is 1. The zero-order valence-corrected chi connectivity index (χ0v) is 14.9. The molecule has 6 heteroatoms. The molecule has 0 radical (unpaired) electrons. The molecule has 0 aliphatic rings. The third-order valence-corrected chi connectivity index (χ3v) is 4.10. The van der Waals surface area contributed by atoms with Crippen LogP contribution in [0, 0.1) is 0 Å². The second-order valence-corrected chi connectivity index (χ2v) is 6.20. The summed E-state index contributed by atoms with van der Waals surface area (Å²) in [6, 6.07) is 11.1. The van der Waals surface area contributed by atoms with Gasteiger partial charge in [-0.2, -0.15) is 0 Å². The van der Waals surface area contributed by atoms with E-state index in [1.54, 1.807) is 12.1 Å². The van der Waals surface area contributed by atoms with E-state index in [0.717, 1.165) is 21.6 Å². The molecule has 3 aromatic rings. The van der Waals surface area contributed by atoms with Crippen LogP contribution in [0.3, 0.4) is 0 Å². The number of benzene rings is 1. The van der Waals surface area contributed by atoms with Crippen LogP contribution >= 0.6 is 15.9 Å². The summed E-state index contributed by atoms with van der Waals surface area (Å²) in [5.41, 5.74) is 2.36. The number of ether oxygens (including phenoxy) is 1. The van der Waals surface area contributed by atoms with Crippen LogP contribution in [0.2, 0.25) is 0 Å². The minimum Gasteiger partial charge on any atom is -0.490 e. The van der Waals surface area contributed by atoms with Crippen LogP contribution in [0.5, 0.6) is 5.75 Å². The van der Waals surface area contributed by atoms with Gasteiger partial charge >= 0.3 is 0 Å². The van der Waals surface area contributed by atoms with Crippen molar-refractivity contribution in [3.8, 4) is 5.75 Å². The third kappa shape index (κ3) is 3.76. The van der Waals surface area contributed by atoms with E-state index in [4.69, 9.17) is 4.74 Å². The van der Waals surface area contributed by atoms with Crippen LogP contribution in [0.4, 0.5) is 0 Å². The first kappa shape index (κ1) is 16.5. The Morgan fingerprint density at radius 1 is 1.29 bits per heavy atom. The van der Waals surface area contributed by atoms with Gasteiger partial charge in [0.2, 0.25) is 0 Å². The summed E-state index contributed by atoms with van der Waals surface area (Å²) in [7, 11) is 0. The quantitative estimate of drug-likeness (QED) is 0.704. The number of nitrogens with zero attached hydrogens (tertiary/aromatic N) is 2. The Balaban J connectivity index is 1.62. The first-order valence-electron chi connectivity index (χ1n) is 7.80. The van der Waals surface area contributed by atoms with E-state index in [9.17, 15) is 4.79 Å². The fourth-order valence-electron chi connectivity index (χ4n) is 2.43. The van der Waals surface area contributed by atoms with Crippen molar-refractivity contribution in [1.82, 2.24) is 14.7 Å². The summed E-state index contributed by atoms with van der Waals surface area (Å²) in [5.74, 6) is 0.686. The number of halogens is 1. The molecule has 1 aromatic carbocycles. The van der Waals surface area contributed by atoms with Crippen molar-refractivity contribution in [2.45, 2.75) is 13.3 Å². The first-order chi connectivity index (χ1) is 11.7. The maximum atomic E-state index is 12.1. The third-order valence-electron chi connectivity index (χ3n) is 3.57. The van der Waals surface area contributed by atoms with Gasteiger partial charge in [0.25, 0.3) is 5.91 Å². The van der Waals surface area contributed by atoms with Crippen LogP contribution in [-0.2, 0) is 6.42 Å². The molecule has 0 unspecified atom stereocenters. The Morgan fingerprint density at radius 2 is 2.08 bits per heavy atom. The Hall–Kier alpha value is -2.34. The van der Waals surface area contributed by atoms with Gasteiger partial charge in [0.15, 0.2) is 11.4 Å². The number of rotatable bonds is 6. The van der Waals surface area contributed by atoms with Crippen LogP contribution in [0.15, 0.2) is 53.3 Å². The fraction of sp³-hybridized carbons (Fsp3) is 0.222. The van der Waals surface area contributed by atoms with Gasteiger partial charge in [0.1, 0.15) is 0 Å². The predicted octanol–water partition coefficient (Wildman–Crippen LogP) is 3.47. The summed E-state index contributed by atoms with van der Waals surface area (Å²) in [4.78, 5) is 16.7. The molecule has 0 saturated heterocycles. The normalized spacial score (nSPS) is 10.8. The molecule has 0 atom stereocenters. The van der Waals surface area contributed by atoms with Crippen molar-refractivity contribution in [1.29, 1.82) is 0 Å². The zero-order valence-electron chi connectivity index (χ0n) is 13.3. The summed E-state index contributed by atoms with van der Waals surface area (Å²) in [5, 5.41) is 2.92. The average Bonchev–Trinajstić information content (AvgIpc) is 2.99. The molecule has 0 bridgehead atoms. The van der Waals surface area contributed by atoms with Crippen LogP contribution in [-0.4, -0.2) is 28.4 Å². The van der Waals surface area contributed by atoms with Gasteiger partial charge in [0, 0.05) is 35.4 Å². The number of fused-ring (bicyclic) bond motifs is 1. The molecule has 5 nitrogen and oxygen atoms in total. The molecular formula is C18H18BrN3O2. The minimum absolute atomic E-state index is 0.0822. The number of nitrogens with one attached hydrogen (secondary N) is 1. The van der Waals surface area contributed by atoms with Crippen molar-refractivity contribution in [2.24, 2.45) is 0 Å². The van der Waals surface area contributed by atoms with Gasteiger partial charge < -0.3 is 14.5 Å². The molecular weight excluding hydrogens is 370 g/mol. The largest absolute Gasteiger partial charge is 0.490 e. The Labute approximate surface area is 148 Å². The SMILES string of the molecule is CCOc1cccn2cc(CCNC(=O)c3ccc(Br)cc3)nc12. The first-order valence-corrected chi connectivity index (χ1v) is 8.60. The predicted molar refractivity (Wildman–Crippen MR) is 96.5 cm³/mol. The summed E-state index contributed by atoms with van der Waals surface area (Å²) in [6.45, 7) is 3.08. The molecule has 124 valence electrons. The second kappa shape index (κ2) is 7.49. The molecule has 0 saturated carbocycles.